The molecule has 1 heterocycles. The molecule has 0 spiro atoms. The standard InChI is InChI=1S/C16H20N4O/c1-2-18-11-14-6-3-5-13-7-10-20(16(13)14)12-15(21)19-9-4-8-17/h3,5-7,10,18H,2,4,9,11-12H2,1H3,(H,19,21). The highest BCUT2D eigenvalue weighted by Crippen LogP contribution is 2.20. The van der Waals surface area contributed by atoms with Crippen molar-refractivity contribution in [2.24, 2.45) is 0 Å². The second-order valence-corrected chi connectivity index (χ2v) is 4.84. The summed E-state index contributed by atoms with van der Waals surface area (Å²) in [5, 5.41) is 15.7. The third-order valence-electron chi connectivity index (χ3n) is 3.31. The number of amides is 1. The van der Waals surface area contributed by atoms with Gasteiger partial charge >= 0.3 is 0 Å². The summed E-state index contributed by atoms with van der Waals surface area (Å²) >= 11 is 0. The minimum Gasteiger partial charge on any atom is -0.354 e. The summed E-state index contributed by atoms with van der Waals surface area (Å²) in [5.41, 5.74) is 2.28. The molecule has 1 amide bonds. The minimum absolute atomic E-state index is 0.0685. The third-order valence-corrected chi connectivity index (χ3v) is 3.31. The van der Waals surface area contributed by atoms with E-state index >= 15 is 0 Å². The van der Waals surface area contributed by atoms with Gasteiger partial charge < -0.3 is 15.2 Å². The maximum Gasteiger partial charge on any atom is 0.239 e. The second kappa shape index (κ2) is 7.46. The van der Waals surface area contributed by atoms with E-state index in [1.54, 1.807) is 0 Å². The van der Waals surface area contributed by atoms with Gasteiger partial charge in [0.2, 0.25) is 5.91 Å². The SMILES string of the molecule is CCNCc1cccc2ccn(CC(=O)NCCC#N)c12. The molecule has 2 rings (SSSR count). The Kier molecular flexibility index (Phi) is 5.35. The molecule has 1 aromatic heterocycles. The number of rotatable bonds is 7. The van der Waals surface area contributed by atoms with Crippen LogP contribution in [0.2, 0.25) is 0 Å². The van der Waals surface area contributed by atoms with E-state index < -0.39 is 0 Å². The number of hydrogen-bond acceptors (Lipinski definition) is 3. The molecule has 21 heavy (non-hydrogen) atoms. The molecule has 5 nitrogen and oxygen atoms in total. The lowest BCUT2D eigenvalue weighted by molar-refractivity contribution is -0.121. The summed E-state index contributed by atoms with van der Waals surface area (Å²) in [4.78, 5) is 11.9. The lowest BCUT2D eigenvalue weighted by Gasteiger charge is -2.10. The highest BCUT2D eigenvalue weighted by atomic mass is 16.1. The number of nitriles is 1. The van der Waals surface area contributed by atoms with Crippen molar-refractivity contribution in [3.05, 3.63) is 36.0 Å². The van der Waals surface area contributed by atoms with Crippen LogP contribution in [0.4, 0.5) is 0 Å². The molecule has 0 fully saturated rings. The first-order chi connectivity index (χ1) is 10.3. The predicted molar refractivity (Wildman–Crippen MR) is 82.6 cm³/mol. The van der Waals surface area contributed by atoms with Gasteiger partial charge in [-0.15, -0.1) is 0 Å². The number of carbonyl (C=O) groups excluding carboxylic acids is 1. The van der Waals surface area contributed by atoms with Gasteiger partial charge in [0.05, 0.1) is 18.0 Å². The van der Waals surface area contributed by atoms with Crippen molar-refractivity contribution in [1.29, 1.82) is 5.26 Å². The highest BCUT2D eigenvalue weighted by molar-refractivity contribution is 5.85. The quantitative estimate of drug-likeness (QED) is 0.761. The first-order valence-corrected chi connectivity index (χ1v) is 7.17. The number of nitrogens with zero attached hydrogens (tertiary/aromatic N) is 2. The zero-order valence-electron chi connectivity index (χ0n) is 12.2. The van der Waals surface area contributed by atoms with E-state index in [2.05, 4.69) is 29.7 Å². The Morgan fingerprint density at radius 3 is 3.00 bits per heavy atom. The van der Waals surface area contributed by atoms with E-state index in [0.717, 1.165) is 24.0 Å². The van der Waals surface area contributed by atoms with E-state index in [0.29, 0.717) is 13.0 Å². The van der Waals surface area contributed by atoms with Crippen molar-refractivity contribution in [2.45, 2.75) is 26.4 Å². The molecule has 0 radical (unpaired) electrons. The lowest BCUT2D eigenvalue weighted by Crippen LogP contribution is -2.28. The molecule has 0 unspecified atom stereocenters. The van der Waals surface area contributed by atoms with Crippen LogP contribution in [0, 0.1) is 11.3 Å². The van der Waals surface area contributed by atoms with Gasteiger partial charge in [-0.2, -0.15) is 5.26 Å². The lowest BCUT2D eigenvalue weighted by atomic mass is 10.1. The Balaban J connectivity index is 2.16. The highest BCUT2D eigenvalue weighted by Gasteiger charge is 2.09. The normalized spacial score (nSPS) is 10.5. The molecule has 0 aliphatic heterocycles. The average Bonchev–Trinajstić information content (AvgIpc) is 2.89. The molecule has 0 bridgehead atoms. The smallest absolute Gasteiger partial charge is 0.239 e. The average molecular weight is 284 g/mol. The third kappa shape index (κ3) is 3.83. The zero-order chi connectivity index (χ0) is 15.1. The molecule has 0 saturated heterocycles. The largest absolute Gasteiger partial charge is 0.354 e. The van der Waals surface area contributed by atoms with Crippen molar-refractivity contribution in [3.8, 4) is 6.07 Å². The molecular formula is C16H20N4O. The van der Waals surface area contributed by atoms with E-state index in [1.165, 1.54) is 5.56 Å². The van der Waals surface area contributed by atoms with Gasteiger partial charge in [0, 0.05) is 19.3 Å². The van der Waals surface area contributed by atoms with Crippen molar-refractivity contribution >= 4 is 16.8 Å². The number of aromatic nitrogens is 1. The summed E-state index contributed by atoms with van der Waals surface area (Å²) in [6.45, 7) is 4.44. The Morgan fingerprint density at radius 2 is 2.24 bits per heavy atom. The number of benzene rings is 1. The predicted octanol–water partition coefficient (Wildman–Crippen LogP) is 1.78. The van der Waals surface area contributed by atoms with Gasteiger partial charge in [-0.3, -0.25) is 4.79 Å². The molecule has 1 aromatic carbocycles. The van der Waals surface area contributed by atoms with Crippen LogP contribution in [-0.4, -0.2) is 23.6 Å². The monoisotopic (exact) mass is 284 g/mol. The number of nitrogens with one attached hydrogen (secondary N) is 2. The molecule has 0 aliphatic carbocycles. The fraction of sp³-hybridized carbons (Fsp3) is 0.375. The van der Waals surface area contributed by atoms with Gasteiger partial charge in [-0.05, 0) is 23.6 Å². The maximum absolute atomic E-state index is 11.9. The molecule has 110 valence electrons. The molecule has 0 atom stereocenters. The van der Waals surface area contributed by atoms with Crippen molar-refractivity contribution in [2.75, 3.05) is 13.1 Å². The van der Waals surface area contributed by atoms with E-state index in [4.69, 9.17) is 5.26 Å². The Morgan fingerprint density at radius 1 is 1.38 bits per heavy atom. The first-order valence-electron chi connectivity index (χ1n) is 7.17. The van der Waals surface area contributed by atoms with Gasteiger partial charge in [0.25, 0.3) is 0 Å². The van der Waals surface area contributed by atoms with Crippen molar-refractivity contribution < 1.29 is 4.79 Å². The molecule has 0 saturated carbocycles. The molecule has 2 aromatic rings. The summed E-state index contributed by atoms with van der Waals surface area (Å²) in [6, 6.07) is 10.2. The molecular weight excluding hydrogens is 264 g/mol. The van der Waals surface area contributed by atoms with Crippen molar-refractivity contribution in [1.82, 2.24) is 15.2 Å². The van der Waals surface area contributed by atoms with Crippen LogP contribution in [0.5, 0.6) is 0 Å². The van der Waals surface area contributed by atoms with Crippen LogP contribution in [0.15, 0.2) is 30.5 Å². The Hall–Kier alpha value is -2.32. The van der Waals surface area contributed by atoms with E-state index in [-0.39, 0.29) is 12.5 Å². The molecule has 2 N–H and O–H groups in total. The van der Waals surface area contributed by atoms with E-state index in [1.807, 2.05) is 29.0 Å². The topological polar surface area (TPSA) is 69.8 Å². The Bertz CT molecular complexity index is 654. The number of hydrogen-bond donors (Lipinski definition) is 2. The summed E-state index contributed by atoms with van der Waals surface area (Å²) in [6.07, 6.45) is 2.27. The van der Waals surface area contributed by atoms with Gasteiger partial charge in [-0.25, -0.2) is 0 Å². The van der Waals surface area contributed by atoms with Gasteiger partial charge in [0.15, 0.2) is 0 Å². The van der Waals surface area contributed by atoms with E-state index in [9.17, 15) is 4.79 Å². The van der Waals surface area contributed by atoms with Crippen molar-refractivity contribution in [3.63, 3.8) is 0 Å². The van der Waals surface area contributed by atoms with Crippen LogP contribution in [0.1, 0.15) is 18.9 Å². The van der Waals surface area contributed by atoms with Crippen LogP contribution in [0.3, 0.4) is 0 Å². The minimum atomic E-state index is -0.0685. The van der Waals surface area contributed by atoms with Crippen LogP contribution in [-0.2, 0) is 17.9 Å². The second-order valence-electron chi connectivity index (χ2n) is 4.84. The number of carbonyl (C=O) groups is 1. The fourth-order valence-corrected chi connectivity index (χ4v) is 2.34. The Labute approximate surface area is 124 Å². The molecule has 5 heteroatoms. The maximum atomic E-state index is 11.9. The van der Waals surface area contributed by atoms with Crippen LogP contribution in [0.25, 0.3) is 10.9 Å². The van der Waals surface area contributed by atoms with Gasteiger partial charge in [0.1, 0.15) is 6.54 Å². The first kappa shape index (κ1) is 15.1. The van der Waals surface area contributed by atoms with Crippen LogP contribution < -0.4 is 10.6 Å². The number of para-hydroxylation sites is 1. The van der Waals surface area contributed by atoms with Crippen LogP contribution >= 0.6 is 0 Å². The summed E-state index contributed by atoms with van der Waals surface area (Å²) < 4.78 is 1.96. The zero-order valence-corrected chi connectivity index (χ0v) is 12.2. The van der Waals surface area contributed by atoms with Gasteiger partial charge in [-0.1, -0.05) is 25.1 Å². The summed E-state index contributed by atoms with van der Waals surface area (Å²) in [7, 11) is 0. The fourth-order valence-electron chi connectivity index (χ4n) is 2.34. The summed E-state index contributed by atoms with van der Waals surface area (Å²) in [5.74, 6) is -0.0685. The molecule has 0 aliphatic rings. The number of fused-ring (bicyclic) bond motifs is 1.